The van der Waals surface area contributed by atoms with E-state index in [4.69, 9.17) is 0 Å². The van der Waals surface area contributed by atoms with Crippen LogP contribution in [0.4, 0.5) is 0 Å². The molecule has 0 spiro atoms. The molecule has 11 heavy (non-hydrogen) atoms. The summed E-state index contributed by atoms with van der Waals surface area (Å²) in [5, 5.41) is 0. The summed E-state index contributed by atoms with van der Waals surface area (Å²) < 4.78 is 0. The van der Waals surface area contributed by atoms with Crippen molar-refractivity contribution in [3.05, 3.63) is 0 Å². The molecule has 2 aliphatic rings. The Hall–Kier alpha value is -0.370. The summed E-state index contributed by atoms with van der Waals surface area (Å²) >= 11 is 0. The highest BCUT2D eigenvalue weighted by Crippen LogP contribution is 2.41. The monoisotopic (exact) mass is 153 g/mol. The van der Waals surface area contributed by atoms with E-state index >= 15 is 0 Å². The van der Waals surface area contributed by atoms with E-state index in [2.05, 4.69) is 11.8 Å². The Morgan fingerprint density at radius 1 is 1.27 bits per heavy atom. The molecule has 1 heterocycles. The minimum absolute atomic E-state index is 0.450. The molecule has 2 rings (SSSR count). The molecule has 1 saturated carbocycles. The molecular weight excluding hydrogens is 138 g/mol. The fraction of sp³-hybridized carbons (Fsp3) is 0.889. The van der Waals surface area contributed by atoms with Gasteiger partial charge in [-0.25, -0.2) is 0 Å². The van der Waals surface area contributed by atoms with Gasteiger partial charge in [-0.3, -0.25) is 9.69 Å². The molecule has 0 bridgehead atoms. The first-order valence-corrected chi connectivity index (χ1v) is 4.47. The number of Topliss-reactive ketones (excluding diaryl/α,β-unsaturated/α-hetero) is 1. The van der Waals surface area contributed by atoms with Crippen LogP contribution in [0.5, 0.6) is 0 Å². The number of nitrogens with zero attached hydrogens (tertiary/aromatic N) is 1. The molecule has 2 fully saturated rings. The van der Waals surface area contributed by atoms with Gasteiger partial charge in [-0.1, -0.05) is 0 Å². The molecular formula is C9H15NO. The van der Waals surface area contributed by atoms with Crippen molar-refractivity contribution in [3.8, 4) is 0 Å². The Labute approximate surface area is 67.6 Å². The van der Waals surface area contributed by atoms with Crippen LogP contribution in [0.15, 0.2) is 0 Å². The fourth-order valence-electron chi connectivity index (χ4n) is 1.79. The average molecular weight is 153 g/mol. The van der Waals surface area contributed by atoms with Crippen LogP contribution in [0.2, 0.25) is 0 Å². The maximum Gasteiger partial charge on any atom is 0.135 e. The van der Waals surface area contributed by atoms with Gasteiger partial charge in [-0.05, 0) is 19.8 Å². The topological polar surface area (TPSA) is 20.3 Å². The van der Waals surface area contributed by atoms with Crippen LogP contribution >= 0.6 is 0 Å². The fourth-order valence-corrected chi connectivity index (χ4v) is 1.79. The minimum atomic E-state index is 0.450. The SMILES string of the molecule is CC1(N2CCC(=O)CC2)CC1. The highest BCUT2D eigenvalue weighted by atomic mass is 16.1. The van der Waals surface area contributed by atoms with Gasteiger partial charge in [0.05, 0.1) is 0 Å². The molecule has 0 unspecified atom stereocenters. The number of carbonyl (C=O) groups is 1. The van der Waals surface area contributed by atoms with Crippen molar-refractivity contribution in [2.24, 2.45) is 0 Å². The van der Waals surface area contributed by atoms with Crippen molar-refractivity contribution in [2.75, 3.05) is 13.1 Å². The largest absolute Gasteiger partial charge is 0.300 e. The Morgan fingerprint density at radius 3 is 2.27 bits per heavy atom. The third-order valence-corrected chi connectivity index (χ3v) is 3.06. The molecule has 0 radical (unpaired) electrons. The summed E-state index contributed by atoms with van der Waals surface area (Å²) in [5.41, 5.74) is 0.487. The maximum absolute atomic E-state index is 10.9. The van der Waals surface area contributed by atoms with Crippen molar-refractivity contribution < 1.29 is 4.79 Å². The number of likely N-dealkylation sites (tertiary alicyclic amines) is 1. The number of piperidine rings is 1. The molecule has 0 aromatic rings. The van der Waals surface area contributed by atoms with E-state index in [1.165, 1.54) is 12.8 Å². The van der Waals surface area contributed by atoms with E-state index < -0.39 is 0 Å². The standard InChI is InChI=1S/C9H15NO/c1-9(4-5-9)10-6-2-8(11)3-7-10/h2-7H2,1H3. The smallest absolute Gasteiger partial charge is 0.135 e. The van der Waals surface area contributed by atoms with E-state index in [1.807, 2.05) is 0 Å². The van der Waals surface area contributed by atoms with E-state index in [0.29, 0.717) is 11.3 Å². The molecule has 1 saturated heterocycles. The van der Waals surface area contributed by atoms with Gasteiger partial charge in [-0.15, -0.1) is 0 Å². The van der Waals surface area contributed by atoms with Gasteiger partial charge >= 0.3 is 0 Å². The molecule has 2 nitrogen and oxygen atoms in total. The van der Waals surface area contributed by atoms with Crippen LogP contribution in [0, 0.1) is 0 Å². The molecule has 0 amide bonds. The van der Waals surface area contributed by atoms with Gasteiger partial charge in [0.15, 0.2) is 0 Å². The van der Waals surface area contributed by atoms with Crippen LogP contribution in [0.3, 0.4) is 0 Å². The lowest BCUT2D eigenvalue weighted by molar-refractivity contribution is -0.122. The van der Waals surface area contributed by atoms with Crippen LogP contribution < -0.4 is 0 Å². The zero-order valence-electron chi connectivity index (χ0n) is 7.10. The van der Waals surface area contributed by atoms with Gasteiger partial charge in [0.1, 0.15) is 5.78 Å². The van der Waals surface area contributed by atoms with Crippen LogP contribution in [-0.2, 0) is 4.79 Å². The Balaban J connectivity index is 1.92. The van der Waals surface area contributed by atoms with Crippen LogP contribution in [0.25, 0.3) is 0 Å². The summed E-state index contributed by atoms with van der Waals surface area (Å²) in [7, 11) is 0. The minimum Gasteiger partial charge on any atom is -0.300 e. The van der Waals surface area contributed by atoms with Gasteiger partial charge in [-0.2, -0.15) is 0 Å². The van der Waals surface area contributed by atoms with Gasteiger partial charge in [0, 0.05) is 31.5 Å². The normalized spacial score (nSPS) is 30.5. The lowest BCUT2D eigenvalue weighted by Crippen LogP contribution is -2.41. The van der Waals surface area contributed by atoms with Gasteiger partial charge < -0.3 is 0 Å². The lowest BCUT2D eigenvalue weighted by Gasteiger charge is -2.31. The Morgan fingerprint density at radius 2 is 1.82 bits per heavy atom. The first kappa shape index (κ1) is 7.29. The van der Waals surface area contributed by atoms with Crippen molar-refractivity contribution in [2.45, 2.75) is 38.1 Å². The summed E-state index contributed by atoms with van der Waals surface area (Å²) in [6.45, 7) is 4.33. The Bertz CT molecular complexity index is 174. The summed E-state index contributed by atoms with van der Waals surface area (Å²) in [5.74, 6) is 0.450. The molecule has 2 heteroatoms. The van der Waals surface area contributed by atoms with Crippen molar-refractivity contribution in [3.63, 3.8) is 0 Å². The van der Waals surface area contributed by atoms with E-state index in [0.717, 1.165) is 25.9 Å². The zero-order chi connectivity index (χ0) is 7.90. The highest BCUT2D eigenvalue weighted by Gasteiger charge is 2.43. The zero-order valence-corrected chi connectivity index (χ0v) is 7.10. The average Bonchev–Trinajstić information content (AvgIpc) is 2.70. The van der Waals surface area contributed by atoms with Crippen LogP contribution in [0.1, 0.15) is 32.6 Å². The van der Waals surface area contributed by atoms with Crippen molar-refractivity contribution in [1.29, 1.82) is 0 Å². The molecule has 0 aromatic heterocycles. The number of ketones is 1. The van der Waals surface area contributed by atoms with E-state index in [-0.39, 0.29) is 0 Å². The van der Waals surface area contributed by atoms with Crippen LogP contribution in [-0.4, -0.2) is 29.3 Å². The maximum atomic E-state index is 10.9. The molecule has 0 atom stereocenters. The second-order valence-corrected chi connectivity index (χ2v) is 4.02. The molecule has 1 aliphatic carbocycles. The highest BCUT2D eigenvalue weighted by molar-refractivity contribution is 5.79. The predicted molar refractivity (Wildman–Crippen MR) is 43.5 cm³/mol. The quantitative estimate of drug-likeness (QED) is 0.564. The van der Waals surface area contributed by atoms with Gasteiger partial charge in [0.2, 0.25) is 0 Å². The summed E-state index contributed by atoms with van der Waals surface area (Å²) in [4.78, 5) is 13.4. The molecule has 1 aliphatic heterocycles. The second-order valence-electron chi connectivity index (χ2n) is 4.02. The van der Waals surface area contributed by atoms with Crippen molar-refractivity contribution >= 4 is 5.78 Å². The second kappa shape index (κ2) is 2.31. The van der Waals surface area contributed by atoms with Crippen molar-refractivity contribution in [1.82, 2.24) is 4.90 Å². The number of carbonyl (C=O) groups excluding carboxylic acids is 1. The summed E-state index contributed by atoms with van der Waals surface area (Å²) in [6, 6.07) is 0. The van der Waals surface area contributed by atoms with E-state index in [1.54, 1.807) is 0 Å². The molecule has 0 aromatic carbocycles. The molecule has 62 valence electrons. The predicted octanol–water partition coefficient (Wildman–Crippen LogP) is 1.20. The third-order valence-electron chi connectivity index (χ3n) is 3.06. The first-order chi connectivity index (χ1) is 5.21. The third kappa shape index (κ3) is 1.32. The van der Waals surface area contributed by atoms with Gasteiger partial charge in [0.25, 0.3) is 0 Å². The number of hydrogen-bond donors (Lipinski definition) is 0. The lowest BCUT2D eigenvalue weighted by atomic mass is 10.1. The summed E-state index contributed by atoms with van der Waals surface area (Å²) in [6.07, 6.45) is 4.24. The Kier molecular flexibility index (Phi) is 1.53. The number of hydrogen-bond acceptors (Lipinski definition) is 2. The molecule has 0 N–H and O–H groups in total. The van der Waals surface area contributed by atoms with E-state index in [9.17, 15) is 4.79 Å². The first-order valence-electron chi connectivity index (χ1n) is 4.47. The number of rotatable bonds is 1.